The highest BCUT2D eigenvalue weighted by Crippen LogP contribution is 2.12. The van der Waals surface area contributed by atoms with Crippen molar-refractivity contribution in [1.82, 2.24) is 25.1 Å². The molecule has 2 heterocycles. The number of carbonyl (C=O) groups is 1. The summed E-state index contributed by atoms with van der Waals surface area (Å²) in [6, 6.07) is 7.18. The molecule has 0 radical (unpaired) electrons. The number of benzene rings is 1. The van der Waals surface area contributed by atoms with E-state index in [1.54, 1.807) is 19.2 Å². The van der Waals surface area contributed by atoms with Crippen LogP contribution in [0.5, 0.6) is 0 Å². The number of nitrogens with one attached hydrogen (secondary N) is 1. The zero-order valence-corrected chi connectivity index (χ0v) is 11.9. The largest absolute Gasteiger partial charge is 0.345 e. The number of carbonyl (C=O) groups excluding carboxylic acids is 1. The predicted molar refractivity (Wildman–Crippen MR) is 80.2 cm³/mol. The van der Waals surface area contributed by atoms with Gasteiger partial charge in [0.05, 0.1) is 23.8 Å². The minimum atomic E-state index is -0.340. The molecule has 7 heteroatoms. The van der Waals surface area contributed by atoms with Crippen molar-refractivity contribution in [3.8, 4) is 0 Å². The molecular weight excluding hydrogens is 282 g/mol. The first kappa shape index (κ1) is 13.9. The molecule has 7 nitrogen and oxygen atoms in total. The van der Waals surface area contributed by atoms with E-state index in [1.807, 2.05) is 12.1 Å². The van der Waals surface area contributed by atoms with Gasteiger partial charge in [-0.25, -0.2) is 9.67 Å². The summed E-state index contributed by atoms with van der Waals surface area (Å²) in [4.78, 5) is 31.8. The standard InChI is InChI=1S/C15H13N5O2/c1-20-15(22)11-5-3-2-4-10(11)12(19-20)9-18-14(21)13-8-16-6-7-17-13/h2-8H,9H2,1H3,(H,18,21). The van der Waals surface area contributed by atoms with Gasteiger partial charge in [0.1, 0.15) is 5.69 Å². The molecule has 0 bridgehead atoms. The summed E-state index contributed by atoms with van der Waals surface area (Å²) in [6.07, 6.45) is 4.34. The smallest absolute Gasteiger partial charge is 0.274 e. The molecule has 0 saturated carbocycles. The highest BCUT2D eigenvalue weighted by atomic mass is 16.2. The number of aromatic nitrogens is 4. The number of nitrogens with zero attached hydrogens (tertiary/aromatic N) is 4. The van der Waals surface area contributed by atoms with Gasteiger partial charge in [0.25, 0.3) is 11.5 Å². The van der Waals surface area contributed by atoms with Crippen LogP contribution in [0.15, 0.2) is 47.7 Å². The van der Waals surface area contributed by atoms with E-state index in [0.29, 0.717) is 11.1 Å². The number of rotatable bonds is 3. The van der Waals surface area contributed by atoms with Crippen molar-refractivity contribution in [2.24, 2.45) is 7.05 Å². The molecule has 0 aliphatic rings. The predicted octanol–water partition coefficient (Wildman–Crippen LogP) is 0.653. The number of hydrogen-bond donors (Lipinski definition) is 1. The lowest BCUT2D eigenvalue weighted by Gasteiger charge is -2.09. The van der Waals surface area contributed by atoms with Gasteiger partial charge >= 0.3 is 0 Å². The lowest BCUT2D eigenvalue weighted by atomic mass is 10.1. The molecule has 1 N–H and O–H groups in total. The van der Waals surface area contributed by atoms with Crippen LogP contribution in [0.4, 0.5) is 0 Å². The van der Waals surface area contributed by atoms with E-state index >= 15 is 0 Å². The molecule has 3 aromatic rings. The van der Waals surface area contributed by atoms with Crippen molar-refractivity contribution in [1.29, 1.82) is 0 Å². The molecule has 3 rings (SSSR count). The van der Waals surface area contributed by atoms with Crippen molar-refractivity contribution in [3.05, 3.63) is 64.6 Å². The maximum absolute atomic E-state index is 12.0. The Balaban J connectivity index is 1.90. The van der Waals surface area contributed by atoms with Gasteiger partial charge in [-0.15, -0.1) is 0 Å². The third-order valence-electron chi connectivity index (χ3n) is 3.25. The average Bonchev–Trinajstić information content (AvgIpc) is 2.57. The lowest BCUT2D eigenvalue weighted by Crippen LogP contribution is -2.27. The summed E-state index contributed by atoms with van der Waals surface area (Å²) in [5.74, 6) is -0.340. The third-order valence-corrected chi connectivity index (χ3v) is 3.25. The zero-order chi connectivity index (χ0) is 15.5. The Morgan fingerprint density at radius 3 is 2.73 bits per heavy atom. The van der Waals surface area contributed by atoms with Gasteiger partial charge in [-0.3, -0.25) is 14.6 Å². The molecule has 0 atom stereocenters. The lowest BCUT2D eigenvalue weighted by molar-refractivity contribution is 0.0945. The van der Waals surface area contributed by atoms with E-state index in [-0.39, 0.29) is 23.7 Å². The van der Waals surface area contributed by atoms with E-state index in [2.05, 4.69) is 20.4 Å². The SMILES string of the molecule is Cn1nc(CNC(=O)c2cnccn2)c2ccccc2c1=O. The summed E-state index contributed by atoms with van der Waals surface area (Å²) in [5.41, 5.74) is 0.686. The number of fused-ring (bicyclic) bond motifs is 1. The summed E-state index contributed by atoms with van der Waals surface area (Å²) in [6.45, 7) is 0.198. The van der Waals surface area contributed by atoms with Crippen molar-refractivity contribution in [2.75, 3.05) is 0 Å². The highest BCUT2D eigenvalue weighted by Gasteiger charge is 2.11. The monoisotopic (exact) mass is 295 g/mol. The number of hydrogen-bond acceptors (Lipinski definition) is 5. The Morgan fingerprint density at radius 1 is 1.23 bits per heavy atom. The van der Waals surface area contributed by atoms with E-state index < -0.39 is 0 Å². The minimum Gasteiger partial charge on any atom is -0.345 e. The zero-order valence-electron chi connectivity index (χ0n) is 11.9. The van der Waals surface area contributed by atoms with Crippen LogP contribution in [-0.4, -0.2) is 25.7 Å². The summed E-state index contributed by atoms with van der Waals surface area (Å²) < 4.78 is 1.27. The van der Waals surface area contributed by atoms with E-state index in [0.717, 1.165) is 5.39 Å². The van der Waals surface area contributed by atoms with Gasteiger partial charge in [-0.1, -0.05) is 18.2 Å². The minimum absolute atomic E-state index is 0.167. The van der Waals surface area contributed by atoms with Gasteiger partial charge < -0.3 is 5.32 Å². The van der Waals surface area contributed by atoms with Crippen molar-refractivity contribution in [2.45, 2.75) is 6.54 Å². The van der Waals surface area contributed by atoms with Crippen molar-refractivity contribution < 1.29 is 4.79 Å². The van der Waals surface area contributed by atoms with Crippen LogP contribution in [0.25, 0.3) is 10.8 Å². The van der Waals surface area contributed by atoms with Crippen LogP contribution in [0.1, 0.15) is 16.2 Å². The van der Waals surface area contributed by atoms with Gasteiger partial charge in [0.15, 0.2) is 0 Å². The molecule has 0 spiro atoms. The maximum atomic E-state index is 12.0. The van der Waals surface area contributed by atoms with Crippen LogP contribution in [0.2, 0.25) is 0 Å². The van der Waals surface area contributed by atoms with Crippen LogP contribution in [0.3, 0.4) is 0 Å². The maximum Gasteiger partial charge on any atom is 0.274 e. The Morgan fingerprint density at radius 2 is 2.00 bits per heavy atom. The summed E-state index contributed by atoms with van der Waals surface area (Å²) in [5, 5.41) is 8.25. The average molecular weight is 295 g/mol. The molecule has 110 valence electrons. The van der Waals surface area contributed by atoms with Gasteiger partial charge in [-0.05, 0) is 6.07 Å². The highest BCUT2D eigenvalue weighted by molar-refractivity contribution is 5.92. The Labute approximate surface area is 125 Å². The van der Waals surface area contributed by atoms with Gasteiger partial charge in [0, 0.05) is 24.8 Å². The van der Waals surface area contributed by atoms with E-state index in [4.69, 9.17) is 0 Å². The first-order valence-electron chi connectivity index (χ1n) is 6.66. The Kier molecular flexibility index (Phi) is 3.61. The van der Waals surface area contributed by atoms with Crippen LogP contribution < -0.4 is 10.9 Å². The summed E-state index contributed by atoms with van der Waals surface area (Å²) in [7, 11) is 1.59. The van der Waals surface area contributed by atoms with Crippen LogP contribution in [0, 0.1) is 0 Å². The normalized spacial score (nSPS) is 10.6. The van der Waals surface area contributed by atoms with E-state index in [9.17, 15) is 9.59 Å². The van der Waals surface area contributed by atoms with Gasteiger partial charge in [-0.2, -0.15) is 5.10 Å². The van der Waals surface area contributed by atoms with Crippen molar-refractivity contribution in [3.63, 3.8) is 0 Å². The first-order valence-corrected chi connectivity index (χ1v) is 6.66. The number of aryl methyl sites for hydroxylation is 1. The van der Waals surface area contributed by atoms with Crippen molar-refractivity contribution >= 4 is 16.7 Å². The number of amides is 1. The fourth-order valence-corrected chi connectivity index (χ4v) is 2.18. The molecule has 1 aromatic carbocycles. The molecule has 0 fully saturated rings. The molecule has 0 unspecified atom stereocenters. The second-order valence-corrected chi connectivity index (χ2v) is 4.69. The molecule has 0 saturated heterocycles. The second kappa shape index (κ2) is 5.72. The second-order valence-electron chi connectivity index (χ2n) is 4.69. The molecule has 0 aliphatic heterocycles. The topological polar surface area (TPSA) is 89.8 Å². The van der Waals surface area contributed by atoms with Crippen LogP contribution in [-0.2, 0) is 13.6 Å². The third kappa shape index (κ3) is 2.56. The fourth-order valence-electron chi connectivity index (χ4n) is 2.18. The first-order chi connectivity index (χ1) is 10.7. The quantitative estimate of drug-likeness (QED) is 0.766. The van der Waals surface area contributed by atoms with E-state index in [1.165, 1.54) is 23.3 Å². The van der Waals surface area contributed by atoms with Crippen LogP contribution >= 0.6 is 0 Å². The summed E-state index contributed by atoms with van der Waals surface area (Å²) >= 11 is 0. The Hall–Kier alpha value is -3.09. The molecular formula is C15H13N5O2. The Bertz CT molecular complexity index is 889. The molecule has 0 aliphatic carbocycles. The molecule has 2 aromatic heterocycles. The molecule has 22 heavy (non-hydrogen) atoms. The fraction of sp³-hybridized carbons (Fsp3) is 0.133. The molecule has 1 amide bonds. The van der Waals surface area contributed by atoms with Gasteiger partial charge in [0.2, 0.25) is 0 Å².